The monoisotopic (exact) mass is 193 g/mol. The van der Waals surface area contributed by atoms with Gasteiger partial charge >= 0.3 is 0 Å². The Hall–Kier alpha value is -0.490. The Morgan fingerprint density at radius 1 is 1.31 bits per heavy atom. The minimum atomic E-state index is 0.829. The van der Waals surface area contributed by atoms with Crippen molar-refractivity contribution in [1.29, 1.82) is 0 Å². The number of rotatable bonds is 3. The highest BCUT2D eigenvalue weighted by Gasteiger charge is 2.31. The molecule has 1 aliphatic rings. The molecule has 0 spiro atoms. The van der Waals surface area contributed by atoms with Gasteiger partial charge in [-0.05, 0) is 42.9 Å². The van der Waals surface area contributed by atoms with Gasteiger partial charge in [0.05, 0.1) is 0 Å². The molecule has 0 aliphatic heterocycles. The van der Waals surface area contributed by atoms with E-state index in [1.807, 2.05) is 12.1 Å². The first-order chi connectivity index (χ1) is 6.31. The minimum absolute atomic E-state index is 0.829. The normalized spacial score (nSPS) is 16.5. The fraction of sp³-hybridized carbons (Fsp3) is 0.417. The predicted octanol–water partition coefficient (Wildman–Crippen LogP) is 4.08. The molecule has 69 valence electrons. The predicted molar refractivity (Wildman–Crippen MR) is 56.8 cm³/mol. The molecule has 0 unspecified atom stereocenters. The lowest BCUT2D eigenvalue weighted by Crippen LogP contribution is -1.99. The molecular weight excluding hydrogens is 180 g/mol. The molecule has 0 atom stereocenters. The van der Waals surface area contributed by atoms with Gasteiger partial charge in [-0.2, -0.15) is 0 Å². The Balaban J connectivity index is 2.17. The molecule has 13 heavy (non-hydrogen) atoms. The molecular formula is C12H14Cl. The molecule has 1 fully saturated rings. The van der Waals surface area contributed by atoms with Crippen LogP contribution in [0.25, 0.3) is 0 Å². The fourth-order valence-electron chi connectivity index (χ4n) is 1.82. The summed E-state index contributed by atoms with van der Waals surface area (Å²) in [5.41, 5.74) is 1.38. The maximum atomic E-state index is 5.85. The van der Waals surface area contributed by atoms with Gasteiger partial charge < -0.3 is 0 Å². The average Bonchev–Trinajstić information content (AvgIpc) is 2.93. The largest absolute Gasteiger partial charge is 0.0843 e. The molecule has 1 aliphatic carbocycles. The summed E-state index contributed by atoms with van der Waals surface area (Å²) in [7, 11) is 0. The molecule has 0 nitrogen and oxygen atoms in total. The van der Waals surface area contributed by atoms with Crippen molar-refractivity contribution < 1.29 is 0 Å². The van der Waals surface area contributed by atoms with E-state index in [1.165, 1.54) is 24.8 Å². The first kappa shape index (κ1) is 9.08. The zero-order valence-electron chi connectivity index (χ0n) is 7.89. The van der Waals surface area contributed by atoms with Gasteiger partial charge in [0.25, 0.3) is 0 Å². The molecule has 2 rings (SSSR count). The Morgan fingerprint density at radius 3 is 2.38 bits per heavy atom. The number of halogens is 1. The van der Waals surface area contributed by atoms with Gasteiger partial charge in [0, 0.05) is 10.9 Å². The van der Waals surface area contributed by atoms with Gasteiger partial charge in [0.15, 0.2) is 0 Å². The van der Waals surface area contributed by atoms with Crippen molar-refractivity contribution in [3.05, 3.63) is 40.8 Å². The van der Waals surface area contributed by atoms with Crippen molar-refractivity contribution in [3.63, 3.8) is 0 Å². The Morgan fingerprint density at radius 2 is 1.92 bits per heavy atom. The van der Waals surface area contributed by atoms with Crippen LogP contribution < -0.4 is 0 Å². The summed E-state index contributed by atoms with van der Waals surface area (Å²) in [4.78, 5) is 0. The molecule has 0 heterocycles. The standard InChI is InChI=1S/C12H14Cl/c1-2-12(9-3-4-9)10-5-7-11(13)8-6-10/h5-9H,2-4H2,1H3. The van der Waals surface area contributed by atoms with Crippen molar-refractivity contribution in [3.8, 4) is 0 Å². The van der Waals surface area contributed by atoms with E-state index in [9.17, 15) is 0 Å². The molecule has 0 aromatic heterocycles. The van der Waals surface area contributed by atoms with Crippen molar-refractivity contribution >= 4 is 11.6 Å². The summed E-state index contributed by atoms with van der Waals surface area (Å²) in [5.74, 6) is 2.47. The SMILES string of the molecule is CC[C](c1ccc(Cl)cc1)C1CC1. The number of hydrogen-bond acceptors (Lipinski definition) is 0. The third kappa shape index (κ3) is 2.05. The van der Waals surface area contributed by atoms with E-state index in [0.29, 0.717) is 0 Å². The number of benzene rings is 1. The first-order valence-electron chi connectivity index (χ1n) is 4.93. The van der Waals surface area contributed by atoms with Crippen LogP contribution in [0.5, 0.6) is 0 Å². The molecule has 1 aromatic rings. The van der Waals surface area contributed by atoms with Crippen molar-refractivity contribution in [2.24, 2.45) is 5.92 Å². The van der Waals surface area contributed by atoms with Crippen LogP contribution in [0, 0.1) is 11.8 Å². The Kier molecular flexibility index (Phi) is 2.59. The van der Waals surface area contributed by atoms with Gasteiger partial charge in [-0.3, -0.25) is 0 Å². The third-order valence-electron chi connectivity index (χ3n) is 2.67. The Labute approximate surface area is 84.9 Å². The highest BCUT2D eigenvalue weighted by molar-refractivity contribution is 6.30. The lowest BCUT2D eigenvalue weighted by Gasteiger charge is -2.12. The van der Waals surface area contributed by atoms with E-state index >= 15 is 0 Å². The van der Waals surface area contributed by atoms with Crippen molar-refractivity contribution in [2.75, 3.05) is 0 Å². The molecule has 0 bridgehead atoms. The van der Waals surface area contributed by atoms with Crippen LogP contribution in [0.3, 0.4) is 0 Å². The van der Waals surface area contributed by atoms with E-state index < -0.39 is 0 Å². The summed E-state index contributed by atoms with van der Waals surface area (Å²) in [6, 6.07) is 8.24. The van der Waals surface area contributed by atoms with Gasteiger partial charge in [0.1, 0.15) is 0 Å². The maximum Gasteiger partial charge on any atom is 0.0406 e. The van der Waals surface area contributed by atoms with Crippen molar-refractivity contribution in [1.82, 2.24) is 0 Å². The van der Waals surface area contributed by atoms with Crippen LogP contribution in [0.1, 0.15) is 31.7 Å². The zero-order chi connectivity index (χ0) is 9.26. The summed E-state index contributed by atoms with van der Waals surface area (Å²) in [5, 5.41) is 0.829. The minimum Gasteiger partial charge on any atom is -0.0843 e. The zero-order valence-corrected chi connectivity index (χ0v) is 8.64. The average molecular weight is 194 g/mol. The van der Waals surface area contributed by atoms with Crippen LogP contribution >= 0.6 is 11.6 Å². The van der Waals surface area contributed by atoms with E-state index in [4.69, 9.17) is 11.6 Å². The molecule has 1 saturated carbocycles. The highest BCUT2D eigenvalue weighted by atomic mass is 35.5. The quantitative estimate of drug-likeness (QED) is 0.679. The third-order valence-corrected chi connectivity index (χ3v) is 2.92. The second-order valence-corrected chi connectivity index (χ2v) is 4.10. The molecule has 1 radical (unpaired) electrons. The number of hydrogen-bond donors (Lipinski definition) is 0. The van der Waals surface area contributed by atoms with E-state index in [1.54, 1.807) is 5.92 Å². The molecule has 1 aromatic carbocycles. The van der Waals surface area contributed by atoms with Gasteiger partial charge in [-0.25, -0.2) is 0 Å². The summed E-state index contributed by atoms with van der Waals surface area (Å²) in [6.07, 6.45) is 3.93. The lowest BCUT2D eigenvalue weighted by molar-refractivity contribution is 0.789. The highest BCUT2D eigenvalue weighted by Crippen LogP contribution is 2.43. The van der Waals surface area contributed by atoms with Crippen LogP contribution in [0.2, 0.25) is 5.02 Å². The fourth-order valence-corrected chi connectivity index (χ4v) is 1.95. The van der Waals surface area contributed by atoms with Crippen LogP contribution in [-0.4, -0.2) is 0 Å². The van der Waals surface area contributed by atoms with Gasteiger partial charge in [0.2, 0.25) is 0 Å². The van der Waals surface area contributed by atoms with E-state index in [-0.39, 0.29) is 0 Å². The summed E-state index contributed by atoms with van der Waals surface area (Å²) in [6.45, 7) is 2.24. The van der Waals surface area contributed by atoms with Gasteiger partial charge in [-0.15, -0.1) is 0 Å². The van der Waals surface area contributed by atoms with Crippen LogP contribution in [0.15, 0.2) is 24.3 Å². The molecule has 0 N–H and O–H groups in total. The van der Waals surface area contributed by atoms with Crippen LogP contribution in [0.4, 0.5) is 0 Å². The molecule has 0 saturated heterocycles. The maximum absolute atomic E-state index is 5.85. The first-order valence-corrected chi connectivity index (χ1v) is 5.30. The topological polar surface area (TPSA) is 0 Å². The van der Waals surface area contributed by atoms with Crippen LogP contribution in [-0.2, 0) is 0 Å². The second-order valence-electron chi connectivity index (χ2n) is 3.66. The Bertz CT molecular complexity index is 272. The van der Waals surface area contributed by atoms with Gasteiger partial charge in [-0.1, -0.05) is 30.7 Å². The molecule has 1 heteroatoms. The second kappa shape index (κ2) is 3.71. The van der Waals surface area contributed by atoms with E-state index in [0.717, 1.165) is 10.9 Å². The molecule has 0 amide bonds. The lowest BCUT2D eigenvalue weighted by atomic mass is 9.92. The smallest absolute Gasteiger partial charge is 0.0406 e. The summed E-state index contributed by atoms with van der Waals surface area (Å²) >= 11 is 5.85. The van der Waals surface area contributed by atoms with Crippen molar-refractivity contribution in [2.45, 2.75) is 26.2 Å². The van der Waals surface area contributed by atoms with E-state index in [2.05, 4.69) is 19.1 Å². The summed E-state index contributed by atoms with van der Waals surface area (Å²) < 4.78 is 0.